The molecule has 0 atom stereocenters. The predicted molar refractivity (Wildman–Crippen MR) is 94.4 cm³/mol. The minimum atomic E-state index is 0.645. The van der Waals surface area contributed by atoms with Gasteiger partial charge in [0.2, 0.25) is 0 Å². The summed E-state index contributed by atoms with van der Waals surface area (Å²) in [5, 5.41) is 9.68. The molecule has 0 bridgehead atoms. The van der Waals surface area contributed by atoms with E-state index in [0.717, 1.165) is 16.7 Å². The Hall–Kier alpha value is -2.07. The average molecular weight is 321 g/mol. The molecule has 1 fully saturated rings. The largest absolute Gasteiger partial charge is 0.309 e. The Morgan fingerprint density at radius 1 is 0.957 bits per heavy atom. The summed E-state index contributed by atoms with van der Waals surface area (Å²) < 4.78 is 2.15. The van der Waals surface area contributed by atoms with Crippen molar-refractivity contribution in [2.24, 2.45) is 7.05 Å². The van der Waals surface area contributed by atoms with Crippen molar-refractivity contribution in [3.63, 3.8) is 0 Å². The molecule has 23 heavy (non-hydrogen) atoms. The van der Waals surface area contributed by atoms with Crippen LogP contribution in [0.1, 0.15) is 30.1 Å². The number of nitrogens with zero attached hydrogens (tertiary/aromatic N) is 3. The fraction of sp³-hybridized carbons (Fsp3) is 0.263. The molecule has 0 unspecified atom stereocenters. The van der Waals surface area contributed by atoms with Crippen molar-refractivity contribution in [3.8, 4) is 11.1 Å². The van der Waals surface area contributed by atoms with Crippen LogP contribution in [0.2, 0.25) is 0 Å². The van der Waals surface area contributed by atoms with Crippen LogP contribution in [0, 0.1) is 0 Å². The molecule has 1 aliphatic rings. The van der Waals surface area contributed by atoms with Crippen molar-refractivity contribution in [1.82, 2.24) is 14.8 Å². The van der Waals surface area contributed by atoms with Gasteiger partial charge in [0.25, 0.3) is 0 Å². The second kappa shape index (κ2) is 6.20. The monoisotopic (exact) mass is 321 g/mol. The number of benzene rings is 2. The first-order valence-electron chi connectivity index (χ1n) is 7.98. The topological polar surface area (TPSA) is 30.7 Å². The zero-order valence-corrected chi connectivity index (χ0v) is 14.0. The average Bonchev–Trinajstić information content (AvgIpc) is 3.38. The highest BCUT2D eigenvalue weighted by Crippen LogP contribution is 2.39. The van der Waals surface area contributed by atoms with Crippen molar-refractivity contribution < 1.29 is 0 Å². The van der Waals surface area contributed by atoms with Crippen LogP contribution in [0.15, 0.2) is 59.8 Å². The third-order valence-corrected chi connectivity index (χ3v) is 5.33. The number of hydrogen-bond donors (Lipinski definition) is 0. The van der Waals surface area contributed by atoms with Crippen LogP contribution in [0.25, 0.3) is 11.1 Å². The van der Waals surface area contributed by atoms with Gasteiger partial charge in [-0.3, -0.25) is 0 Å². The van der Waals surface area contributed by atoms with E-state index in [1.165, 1.54) is 29.5 Å². The summed E-state index contributed by atoms with van der Waals surface area (Å²) in [6.07, 6.45) is 2.52. The first-order chi connectivity index (χ1) is 11.3. The molecule has 0 saturated heterocycles. The maximum Gasteiger partial charge on any atom is 0.191 e. The van der Waals surface area contributed by atoms with Gasteiger partial charge in [-0.05, 0) is 29.5 Å². The Morgan fingerprint density at radius 3 is 2.35 bits per heavy atom. The maximum atomic E-state index is 4.34. The maximum absolute atomic E-state index is 4.34. The lowest BCUT2D eigenvalue weighted by atomic mass is 10.0. The molecule has 116 valence electrons. The molecular weight excluding hydrogens is 302 g/mol. The van der Waals surface area contributed by atoms with E-state index in [-0.39, 0.29) is 0 Å². The van der Waals surface area contributed by atoms with Gasteiger partial charge in [-0.1, -0.05) is 66.4 Å². The number of hydrogen-bond acceptors (Lipinski definition) is 3. The van der Waals surface area contributed by atoms with Gasteiger partial charge < -0.3 is 4.57 Å². The molecule has 2 aromatic carbocycles. The summed E-state index contributed by atoms with van der Waals surface area (Å²) in [4.78, 5) is 0. The Kier molecular flexibility index (Phi) is 3.92. The molecule has 0 aliphatic heterocycles. The summed E-state index contributed by atoms with van der Waals surface area (Å²) in [7, 11) is 2.08. The molecule has 4 heteroatoms. The van der Waals surface area contributed by atoms with Crippen molar-refractivity contribution in [3.05, 3.63) is 66.0 Å². The van der Waals surface area contributed by atoms with E-state index in [2.05, 4.69) is 70.3 Å². The highest BCUT2D eigenvalue weighted by Gasteiger charge is 2.29. The summed E-state index contributed by atoms with van der Waals surface area (Å²) in [5.41, 5.74) is 3.83. The fourth-order valence-electron chi connectivity index (χ4n) is 2.72. The SMILES string of the molecule is Cn1c(SCc2ccc(-c3ccccc3)cc2)nnc1C1CC1. The smallest absolute Gasteiger partial charge is 0.191 e. The lowest BCUT2D eigenvalue weighted by Gasteiger charge is -2.05. The van der Waals surface area contributed by atoms with Crippen LogP contribution in [0.5, 0.6) is 0 Å². The lowest BCUT2D eigenvalue weighted by molar-refractivity contribution is 0.736. The highest BCUT2D eigenvalue weighted by molar-refractivity contribution is 7.98. The van der Waals surface area contributed by atoms with Crippen LogP contribution in [-0.4, -0.2) is 14.8 Å². The quantitative estimate of drug-likeness (QED) is 0.641. The van der Waals surface area contributed by atoms with E-state index >= 15 is 0 Å². The van der Waals surface area contributed by atoms with Gasteiger partial charge >= 0.3 is 0 Å². The lowest BCUT2D eigenvalue weighted by Crippen LogP contribution is -1.97. The van der Waals surface area contributed by atoms with Crippen molar-refractivity contribution in [2.75, 3.05) is 0 Å². The van der Waals surface area contributed by atoms with Gasteiger partial charge in [0.1, 0.15) is 5.82 Å². The Labute approximate surface area is 140 Å². The molecule has 1 aromatic heterocycles. The van der Waals surface area contributed by atoms with E-state index in [1.807, 2.05) is 6.07 Å². The molecular formula is C19H19N3S. The second-order valence-corrected chi connectivity index (χ2v) is 6.97. The molecule has 4 rings (SSSR count). The third kappa shape index (κ3) is 3.17. The number of thioether (sulfide) groups is 1. The molecule has 0 amide bonds. The van der Waals surface area contributed by atoms with Crippen molar-refractivity contribution >= 4 is 11.8 Å². The van der Waals surface area contributed by atoms with E-state index in [4.69, 9.17) is 0 Å². The van der Waals surface area contributed by atoms with Gasteiger partial charge in [0.15, 0.2) is 5.16 Å². The molecule has 3 aromatic rings. The van der Waals surface area contributed by atoms with Crippen LogP contribution in [-0.2, 0) is 12.8 Å². The third-order valence-electron chi connectivity index (χ3n) is 4.24. The Morgan fingerprint density at radius 2 is 1.65 bits per heavy atom. The molecule has 1 aliphatic carbocycles. The van der Waals surface area contributed by atoms with Crippen LogP contribution in [0.3, 0.4) is 0 Å². The molecule has 0 N–H and O–H groups in total. The van der Waals surface area contributed by atoms with E-state index < -0.39 is 0 Å². The standard InChI is InChI=1S/C19H19N3S/c1-22-18(17-11-12-17)20-21-19(22)23-13-14-7-9-16(10-8-14)15-5-3-2-4-6-15/h2-10,17H,11-13H2,1H3. The molecule has 3 nitrogen and oxygen atoms in total. The Bertz CT molecular complexity index is 789. The van der Waals surface area contributed by atoms with E-state index in [0.29, 0.717) is 5.92 Å². The Balaban J connectivity index is 1.43. The normalized spacial score (nSPS) is 14.1. The molecule has 0 radical (unpaired) electrons. The number of rotatable bonds is 5. The first-order valence-corrected chi connectivity index (χ1v) is 8.96. The van der Waals surface area contributed by atoms with Gasteiger partial charge in [-0.25, -0.2) is 0 Å². The molecule has 1 heterocycles. The van der Waals surface area contributed by atoms with Gasteiger partial charge in [-0.15, -0.1) is 10.2 Å². The summed E-state index contributed by atoms with van der Waals surface area (Å²) >= 11 is 1.76. The number of aromatic nitrogens is 3. The molecule has 1 saturated carbocycles. The summed E-state index contributed by atoms with van der Waals surface area (Å²) in [6, 6.07) is 19.3. The highest BCUT2D eigenvalue weighted by atomic mass is 32.2. The van der Waals surface area contributed by atoms with Gasteiger partial charge in [0.05, 0.1) is 0 Å². The fourth-order valence-corrected chi connectivity index (χ4v) is 3.59. The summed E-state index contributed by atoms with van der Waals surface area (Å²) in [6.45, 7) is 0. The minimum Gasteiger partial charge on any atom is -0.309 e. The molecule has 0 spiro atoms. The van der Waals surface area contributed by atoms with Gasteiger partial charge in [0, 0.05) is 18.7 Å². The summed E-state index contributed by atoms with van der Waals surface area (Å²) in [5.74, 6) is 2.71. The van der Waals surface area contributed by atoms with Crippen LogP contribution in [0.4, 0.5) is 0 Å². The minimum absolute atomic E-state index is 0.645. The zero-order chi connectivity index (χ0) is 15.6. The van der Waals surface area contributed by atoms with Crippen LogP contribution < -0.4 is 0 Å². The van der Waals surface area contributed by atoms with Crippen LogP contribution >= 0.6 is 11.8 Å². The van der Waals surface area contributed by atoms with Gasteiger partial charge in [-0.2, -0.15) is 0 Å². The predicted octanol–water partition coefficient (Wildman–Crippen LogP) is 4.65. The van der Waals surface area contributed by atoms with E-state index in [1.54, 1.807) is 11.8 Å². The van der Waals surface area contributed by atoms with E-state index in [9.17, 15) is 0 Å². The zero-order valence-electron chi connectivity index (χ0n) is 13.1. The second-order valence-electron chi connectivity index (χ2n) is 6.03. The van der Waals surface area contributed by atoms with Crippen molar-refractivity contribution in [2.45, 2.75) is 29.7 Å². The van der Waals surface area contributed by atoms with Crippen molar-refractivity contribution in [1.29, 1.82) is 0 Å². The first kappa shape index (κ1) is 14.5.